The molecular weight excluding hydrogens is 346 g/mol. The molecule has 1 aromatic carbocycles. The second-order valence-electron chi connectivity index (χ2n) is 6.74. The van der Waals surface area contributed by atoms with Crippen LogP contribution in [0.2, 0.25) is 0 Å². The van der Waals surface area contributed by atoms with Gasteiger partial charge in [-0.1, -0.05) is 12.1 Å². The molecule has 4 rings (SSSR count). The lowest BCUT2D eigenvalue weighted by Crippen LogP contribution is -2.51. The van der Waals surface area contributed by atoms with Crippen molar-refractivity contribution < 1.29 is 4.92 Å². The molecule has 3 heterocycles. The van der Waals surface area contributed by atoms with E-state index in [2.05, 4.69) is 27.1 Å². The monoisotopic (exact) mass is 369 g/mol. The summed E-state index contributed by atoms with van der Waals surface area (Å²) in [6.45, 7) is 7.19. The van der Waals surface area contributed by atoms with Crippen LogP contribution in [0.3, 0.4) is 0 Å². The van der Waals surface area contributed by atoms with Gasteiger partial charge in [0.2, 0.25) is 5.82 Å². The summed E-state index contributed by atoms with van der Waals surface area (Å²) in [5.74, 6) is 1.17. The van der Waals surface area contributed by atoms with E-state index in [-0.39, 0.29) is 17.9 Å². The molecular formula is C18H23N7O2. The average Bonchev–Trinajstić information content (AvgIpc) is 3.29. The minimum atomic E-state index is -0.400. The van der Waals surface area contributed by atoms with Gasteiger partial charge in [0.1, 0.15) is 6.20 Å². The number of nitro groups is 1. The van der Waals surface area contributed by atoms with Crippen LogP contribution in [-0.2, 0) is 6.54 Å². The topological polar surface area (TPSA) is 103 Å². The SMILES string of the molecule is CCn1c([N+](=O)[O-])cnc1-c1nc2ccccc2n1C(C)C1CNCCN1. The van der Waals surface area contributed by atoms with Gasteiger partial charge in [-0.2, -0.15) is 0 Å². The summed E-state index contributed by atoms with van der Waals surface area (Å²) >= 11 is 0. The molecule has 1 fully saturated rings. The van der Waals surface area contributed by atoms with E-state index in [0.29, 0.717) is 18.2 Å². The van der Waals surface area contributed by atoms with E-state index in [9.17, 15) is 10.1 Å². The van der Waals surface area contributed by atoms with Crippen molar-refractivity contribution in [2.24, 2.45) is 0 Å². The Hall–Kier alpha value is -2.78. The zero-order chi connectivity index (χ0) is 19.0. The molecule has 0 amide bonds. The maximum Gasteiger partial charge on any atom is 0.343 e. The third kappa shape index (κ3) is 2.98. The van der Waals surface area contributed by atoms with Crippen LogP contribution in [0, 0.1) is 10.1 Å². The summed E-state index contributed by atoms with van der Waals surface area (Å²) in [6, 6.07) is 8.26. The highest BCUT2D eigenvalue weighted by Gasteiger charge is 2.30. The van der Waals surface area contributed by atoms with Gasteiger partial charge in [-0.15, -0.1) is 0 Å². The minimum Gasteiger partial charge on any atom is -0.358 e. The maximum atomic E-state index is 11.4. The maximum absolute atomic E-state index is 11.4. The van der Waals surface area contributed by atoms with Crippen LogP contribution in [0.1, 0.15) is 19.9 Å². The largest absolute Gasteiger partial charge is 0.358 e. The standard InChI is InChI=1S/C18H23N7O2/c1-3-23-16(25(26)27)11-21-17(23)18-22-13-6-4-5-7-15(13)24(18)12(2)14-10-19-8-9-20-14/h4-7,11-12,14,19-20H,3,8-10H2,1-2H3. The summed E-state index contributed by atoms with van der Waals surface area (Å²) in [5, 5.41) is 18.3. The van der Waals surface area contributed by atoms with Crippen LogP contribution < -0.4 is 10.6 Å². The van der Waals surface area contributed by atoms with Gasteiger partial charge in [0, 0.05) is 31.7 Å². The van der Waals surface area contributed by atoms with Crippen LogP contribution >= 0.6 is 0 Å². The normalized spacial score (nSPS) is 18.7. The first kappa shape index (κ1) is 17.6. The number of hydrogen-bond acceptors (Lipinski definition) is 6. The highest BCUT2D eigenvalue weighted by atomic mass is 16.6. The number of nitrogens with zero attached hydrogens (tertiary/aromatic N) is 5. The number of rotatable bonds is 5. The van der Waals surface area contributed by atoms with Crippen molar-refractivity contribution >= 4 is 16.9 Å². The predicted molar refractivity (Wildman–Crippen MR) is 103 cm³/mol. The molecule has 1 aliphatic heterocycles. The molecule has 1 saturated heterocycles. The molecule has 9 heteroatoms. The molecule has 2 N–H and O–H groups in total. The van der Waals surface area contributed by atoms with Gasteiger partial charge in [-0.05, 0) is 30.9 Å². The van der Waals surface area contributed by atoms with E-state index in [4.69, 9.17) is 4.98 Å². The molecule has 0 aliphatic carbocycles. The van der Waals surface area contributed by atoms with Crippen molar-refractivity contribution in [2.75, 3.05) is 19.6 Å². The molecule has 3 aromatic rings. The first-order valence-electron chi connectivity index (χ1n) is 9.23. The number of benzene rings is 1. The molecule has 9 nitrogen and oxygen atoms in total. The van der Waals surface area contributed by atoms with E-state index in [0.717, 1.165) is 30.7 Å². The molecule has 2 aromatic heterocycles. The third-order valence-electron chi connectivity index (χ3n) is 5.20. The zero-order valence-corrected chi connectivity index (χ0v) is 15.4. The lowest BCUT2D eigenvalue weighted by Gasteiger charge is -2.31. The highest BCUT2D eigenvalue weighted by Crippen LogP contribution is 2.31. The van der Waals surface area contributed by atoms with E-state index in [1.807, 2.05) is 31.2 Å². The van der Waals surface area contributed by atoms with Crippen molar-refractivity contribution in [3.8, 4) is 11.6 Å². The molecule has 0 spiro atoms. The highest BCUT2D eigenvalue weighted by molar-refractivity contribution is 5.80. The first-order valence-corrected chi connectivity index (χ1v) is 9.23. The fraction of sp³-hybridized carbons (Fsp3) is 0.444. The molecule has 0 bridgehead atoms. The van der Waals surface area contributed by atoms with Gasteiger partial charge in [0.15, 0.2) is 0 Å². The second kappa shape index (κ2) is 7.09. The first-order chi connectivity index (χ1) is 13.1. The number of piperazine rings is 1. The summed E-state index contributed by atoms with van der Waals surface area (Å²) in [6.07, 6.45) is 1.31. The quantitative estimate of drug-likeness (QED) is 0.526. The van der Waals surface area contributed by atoms with Crippen molar-refractivity contribution in [3.05, 3.63) is 40.6 Å². The number of para-hydroxylation sites is 2. The van der Waals surface area contributed by atoms with E-state index in [1.165, 1.54) is 6.20 Å². The van der Waals surface area contributed by atoms with Crippen LogP contribution in [0.4, 0.5) is 5.82 Å². The smallest absolute Gasteiger partial charge is 0.343 e. The zero-order valence-electron chi connectivity index (χ0n) is 15.4. The van der Waals surface area contributed by atoms with Gasteiger partial charge in [0.25, 0.3) is 5.82 Å². The summed E-state index contributed by atoms with van der Waals surface area (Å²) in [7, 11) is 0. The third-order valence-corrected chi connectivity index (χ3v) is 5.20. The predicted octanol–water partition coefficient (Wildman–Crippen LogP) is 1.95. The minimum absolute atomic E-state index is 0.0174. The molecule has 0 radical (unpaired) electrons. The van der Waals surface area contributed by atoms with Gasteiger partial charge in [-0.25, -0.2) is 14.5 Å². The molecule has 1 aliphatic rings. The average molecular weight is 369 g/mol. The van der Waals surface area contributed by atoms with Gasteiger partial charge >= 0.3 is 5.82 Å². The number of nitrogens with one attached hydrogen (secondary N) is 2. The van der Waals surface area contributed by atoms with Crippen LogP contribution in [-0.4, -0.2) is 49.7 Å². The Bertz CT molecular complexity index is 971. The van der Waals surface area contributed by atoms with Crippen LogP contribution in [0.25, 0.3) is 22.7 Å². The fourth-order valence-corrected chi connectivity index (χ4v) is 3.81. The Morgan fingerprint density at radius 3 is 2.85 bits per heavy atom. The Morgan fingerprint density at radius 2 is 2.15 bits per heavy atom. The van der Waals surface area contributed by atoms with Crippen LogP contribution in [0.15, 0.2) is 30.5 Å². The number of aromatic nitrogens is 4. The summed E-state index contributed by atoms with van der Waals surface area (Å²) in [4.78, 5) is 20.1. The van der Waals surface area contributed by atoms with Gasteiger partial charge in [0.05, 0.1) is 17.6 Å². The van der Waals surface area contributed by atoms with E-state index < -0.39 is 4.92 Å². The van der Waals surface area contributed by atoms with Gasteiger partial charge in [-0.3, -0.25) is 0 Å². The second-order valence-corrected chi connectivity index (χ2v) is 6.74. The summed E-state index contributed by atoms with van der Waals surface area (Å²) in [5.41, 5.74) is 1.86. The lowest BCUT2D eigenvalue weighted by molar-refractivity contribution is -0.392. The molecule has 27 heavy (non-hydrogen) atoms. The summed E-state index contributed by atoms with van der Waals surface area (Å²) < 4.78 is 3.76. The molecule has 2 atom stereocenters. The Kier molecular flexibility index (Phi) is 4.63. The molecule has 2 unspecified atom stereocenters. The Morgan fingerprint density at radius 1 is 1.33 bits per heavy atom. The van der Waals surface area contributed by atoms with E-state index in [1.54, 1.807) is 4.57 Å². The van der Waals surface area contributed by atoms with E-state index >= 15 is 0 Å². The van der Waals surface area contributed by atoms with Crippen molar-refractivity contribution in [1.82, 2.24) is 29.7 Å². The van der Waals surface area contributed by atoms with Crippen molar-refractivity contribution in [3.63, 3.8) is 0 Å². The Balaban J connectivity index is 1.90. The number of fused-ring (bicyclic) bond motifs is 1. The fourth-order valence-electron chi connectivity index (χ4n) is 3.81. The number of hydrogen-bond donors (Lipinski definition) is 2. The van der Waals surface area contributed by atoms with Crippen LogP contribution in [0.5, 0.6) is 0 Å². The van der Waals surface area contributed by atoms with Crippen molar-refractivity contribution in [2.45, 2.75) is 32.5 Å². The molecule has 0 saturated carbocycles. The molecule has 142 valence electrons. The Labute approximate surface area is 156 Å². The lowest BCUT2D eigenvalue weighted by atomic mass is 10.1. The number of imidazole rings is 2. The van der Waals surface area contributed by atoms with Gasteiger partial charge < -0.3 is 25.3 Å². The van der Waals surface area contributed by atoms with Crippen molar-refractivity contribution in [1.29, 1.82) is 0 Å².